The fraction of sp³-hybridized carbons (Fsp3) is 0.267. The van der Waals surface area contributed by atoms with Crippen LogP contribution in [0.25, 0.3) is 0 Å². The van der Waals surface area contributed by atoms with Crippen molar-refractivity contribution in [3.8, 4) is 0 Å². The van der Waals surface area contributed by atoms with E-state index in [1.54, 1.807) is 0 Å². The second kappa shape index (κ2) is 9.49. The lowest BCUT2D eigenvalue weighted by molar-refractivity contribution is -0.392. The van der Waals surface area contributed by atoms with E-state index in [4.69, 9.17) is 26.9 Å². The molecule has 10 nitrogen and oxygen atoms in total. The maximum Gasteiger partial charge on any atom is 0.342 e. The van der Waals surface area contributed by atoms with Gasteiger partial charge in [0.1, 0.15) is 18.8 Å². The van der Waals surface area contributed by atoms with Crippen molar-refractivity contribution in [1.82, 2.24) is 9.55 Å². The Kier molecular flexibility index (Phi) is 7.69. The number of aromatic nitrogens is 2. The first-order valence-corrected chi connectivity index (χ1v) is 7.67. The van der Waals surface area contributed by atoms with Crippen molar-refractivity contribution >= 4 is 29.4 Å². The predicted octanol–water partition coefficient (Wildman–Crippen LogP) is 1.78. The Morgan fingerprint density at radius 1 is 1.31 bits per heavy atom. The molecular weight excluding hydrogens is 370 g/mol. The normalized spacial score (nSPS) is 11.2. The van der Waals surface area contributed by atoms with Crippen molar-refractivity contribution in [2.24, 2.45) is 0 Å². The van der Waals surface area contributed by atoms with Crippen molar-refractivity contribution in [3.63, 3.8) is 0 Å². The average Bonchev–Trinajstić information content (AvgIpc) is 3.03. The molecule has 0 amide bonds. The molecule has 3 N–H and O–H groups in total. The molecule has 0 aliphatic rings. The van der Waals surface area contributed by atoms with E-state index in [0.717, 1.165) is 6.20 Å². The molecule has 0 aliphatic heterocycles. The summed E-state index contributed by atoms with van der Waals surface area (Å²) in [6.07, 6.45) is 1.61. The summed E-state index contributed by atoms with van der Waals surface area (Å²) in [5.41, 5.74) is 0.335. The topological polar surface area (TPSA) is 156 Å². The summed E-state index contributed by atoms with van der Waals surface area (Å²) in [6.45, 7) is 1.56. The highest BCUT2D eigenvalue weighted by molar-refractivity contribution is 6.18. The smallest absolute Gasteiger partial charge is 0.342 e. The van der Waals surface area contributed by atoms with Gasteiger partial charge < -0.3 is 25.4 Å². The van der Waals surface area contributed by atoms with E-state index >= 15 is 0 Å². The maximum atomic E-state index is 10.6. The molecule has 1 atom stereocenters. The number of hydrogen-bond donors (Lipinski definition) is 3. The summed E-state index contributed by atoms with van der Waals surface area (Å²) >= 11 is 5.35. The Morgan fingerprint density at radius 3 is 2.27 bits per heavy atom. The number of aromatic carboxylic acids is 2. The zero-order chi connectivity index (χ0) is 19.9. The summed E-state index contributed by atoms with van der Waals surface area (Å²) in [5, 5.41) is 36.9. The van der Waals surface area contributed by atoms with Gasteiger partial charge in [-0.05, 0) is 29.5 Å². The number of imidazole rings is 1. The van der Waals surface area contributed by atoms with E-state index in [1.165, 1.54) is 36.0 Å². The Morgan fingerprint density at radius 2 is 1.85 bits per heavy atom. The van der Waals surface area contributed by atoms with Crippen LogP contribution in [0.3, 0.4) is 0 Å². The lowest BCUT2D eigenvalue weighted by Gasteiger charge is -2.04. The van der Waals surface area contributed by atoms with Gasteiger partial charge in [0.05, 0.1) is 17.0 Å². The summed E-state index contributed by atoms with van der Waals surface area (Å²) in [5.74, 6) is -2.33. The number of aliphatic hydroxyl groups excluding tert-OH is 1. The number of nitro groups is 1. The molecule has 0 saturated carbocycles. The molecule has 1 heterocycles. The van der Waals surface area contributed by atoms with Gasteiger partial charge in [-0.15, -0.1) is 11.6 Å². The van der Waals surface area contributed by atoms with Gasteiger partial charge in [0.25, 0.3) is 0 Å². The minimum atomic E-state index is -1.11. The summed E-state index contributed by atoms with van der Waals surface area (Å²) in [6, 6.07) is 4.17. The minimum Gasteiger partial charge on any atom is -0.478 e. The average molecular weight is 386 g/mol. The molecule has 26 heavy (non-hydrogen) atoms. The minimum absolute atomic E-state index is 0.0277. The van der Waals surface area contributed by atoms with Crippen molar-refractivity contribution in [2.45, 2.75) is 19.6 Å². The van der Waals surface area contributed by atoms with Crippen molar-refractivity contribution in [2.75, 3.05) is 5.88 Å². The van der Waals surface area contributed by atoms with Crippen molar-refractivity contribution in [3.05, 3.63) is 57.5 Å². The summed E-state index contributed by atoms with van der Waals surface area (Å²) < 4.78 is 1.24. The van der Waals surface area contributed by atoms with Gasteiger partial charge in [0.15, 0.2) is 6.33 Å². The van der Waals surface area contributed by atoms with Gasteiger partial charge in [-0.1, -0.05) is 6.07 Å². The molecular formula is C15H16ClN3O7. The molecule has 1 aromatic heterocycles. The molecule has 140 valence electrons. The first kappa shape index (κ1) is 21.1. The number of carboxylic acid groups (broad SMARTS) is 2. The summed E-state index contributed by atoms with van der Waals surface area (Å²) in [4.78, 5) is 34.6. The fourth-order valence-electron chi connectivity index (χ4n) is 1.98. The Hall–Kier alpha value is -2.98. The zero-order valence-corrected chi connectivity index (χ0v) is 14.3. The molecule has 2 aromatic rings. The fourth-order valence-corrected chi connectivity index (χ4v) is 2.08. The molecule has 0 bridgehead atoms. The molecule has 11 heteroatoms. The lowest BCUT2D eigenvalue weighted by atomic mass is 10.0. The Balaban J connectivity index is 0.000000260. The van der Waals surface area contributed by atoms with Gasteiger partial charge in [-0.25, -0.2) is 19.1 Å². The highest BCUT2D eigenvalue weighted by Crippen LogP contribution is 2.13. The van der Waals surface area contributed by atoms with Crippen LogP contribution in [0, 0.1) is 17.0 Å². The van der Waals surface area contributed by atoms with Crippen LogP contribution in [0.5, 0.6) is 0 Å². The number of rotatable bonds is 6. The van der Waals surface area contributed by atoms with Gasteiger partial charge >= 0.3 is 17.8 Å². The highest BCUT2D eigenvalue weighted by Gasteiger charge is 2.16. The summed E-state index contributed by atoms with van der Waals surface area (Å²) in [7, 11) is 0. The predicted molar refractivity (Wildman–Crippen MR) is 90.7 cm³/mol. The highest BCUT2D eigenvalue weighted by atomic mass is 35.5. The van der Waals surface area contributed by atoms with Crippen LogP contribution in [0.1, 0.15) is 26.3 Å². The zero-order valence-electron chi connectivity index (χ0n) is 13.6. The van der Waals surface area contributed by atoms with E-state index in [2.05, 4.69) is 4.98 Å². The van der Waals surface area contributed by atoms with Gasteiger partial charge in [-0.2, -0.15) is 0 Å². The Labute approximate surface area is 152 Å². The number of aliphatic hydroxyl groups is 1. The monoisotopic (exact) mass is 385 g/mol. The third-order valence-electron chi connectivity index (χ3n) is 3.26. The third kappa shape index (κ3) is 5.53. The van der Waals surface area contributed by atoms with Crippen LogP contribution in [-0.4, -0.2) is 53.7 Å². The standard InChI is InChI=1S/C9H8O4.C6H8ClN3O3/c1-5-6(8(10)11)3-2-4-7(5)9(12)13;7-1-5(11)3-9-4-8-2-6(9)10(12)13/h2-4H,1H3,(H,10,11)(H,12,13);2,4-5,11H,1,3H2. The second-order valence-electron chi connectivity index (χ2n) is 5.06. The maximum absolute atomic E-state index is 10.6. The third-order valence-corrected chi connectivity index (χ3v) is 3.61. The Bertz CT molecular complexity index is 774. The number of benzene rings is 1. The molecule has 1 aromatic carbocycles. The van der Waals surface area contributed by atoms with Gasteiger partial charge in [0.2, 0.25) is 0 Å². The van der Waals surface area contributed by atoms with Gasteiger partial charge in [-0.3, -0.25) is 0 Å². The number of hydrogen-bond acceptors (Lipinski definition) is 6. The van der Waals surface area contributed by atoms with E-state index in [-0.39, 0.29) is 34.9 Å². The molecule has 0 radical (unpaired) electrons. The van der Waals surface area contributed by atoms with Crippen LogP contribution < -0.4 is 0 Å². The molecule has 0 aliphatic carbocycles. The first-order chi connectivity index (χ1) is 12.2. The number of alkyl halides is 1. The van der Waals surface area contributed by atoms with E-state index in [9.17, 15) is 19.7 Å². The molecule has 2 rings (SSSR count). The number of carboxylic acids is 2. The lowest BCUT2D eigenvalue weighted by Crippen LogP contribution is -2.17. The van der Waals surface area contributed by atoms with E-state index in [1.807, 2.05) is 0 Å². The van der Waals surface area contributed by atoms with Crippen LogP contribution in [0.15, 0.2) is 30.7 Å². The van der Waals surface area contributed by atoms with Crippen molar-refractivity contribution in [1.29, 1.82) is 0 Å². The van der Waals surface area contributed by atoms with Crippen LogP contribution in [0.4, 0.5) is 5.82 Å². The van der Waals surface area contributed by atoms with Crippen LogP contribution in [-0.2, 0) is 6.54 Å². The SMILES string of the molecule is Cc1c(C(=O)O)cccc1C(=O)O.O=[N+]([O-])c1cncn1CC(O)CCl. The number of carbonyl (C=O) groups is 2. The van der Waals surface area contributed by atoms with E-state index in [0.29, 0.717) is 0 Å². The van der Waals surface area contributed by atoms with Crippen LogP contribution >= 0.6 is 11.6 Å². The number of halogens is 1. The van der Waals surface area contributed by atoms with Crippen molar-refractivity contribution < 1.29 is 29.8 Å². The molecule has 0 saturated heterocycles. The quantitative estimate of drug-likeness (QED) is 0.386. The number of nitrogens with zero attached hydrogens (tertiary/aromatic N) is 3. The van der Waals surface area contributed by atoms with Crippen LogP contribution in [0.2, 0.25) is 0 Å². The largest absolute Gasteiger partial charge is 0.478 e. The first-order valence-electron chi connectivity index (χ1n) is 7.13. The van der Waals surface area contributed by atoms with Gasteiger partial charge in [0, 0.05) is 0 Å². The molecule has 1 unspecified atom stereocenters. The molecule has 0 fully saturated rings. The molecule has 0 spiro atoms. The van der Waals surface area contributed by atoms with E-state index < -0.39 is 23.0 Å². The second-order valence-corrected chi connectivity index (χ2v) is 5.37.